The smallest absolute Gasteiger partial charge is 0.220 e. The van der Waals surface area contributed by atoms with Crippen LogP contribution < -0.4 is 5.32 Å². The van der Waals surface area contributed by atoms with Crippen molar-refractivity contribution in [2.75, 3.05) is 6.61 Å². The third-order valence-electron chi connectivity index (χ3n) is 13.3. The predicted octanol–water partition coefficient (Wildman–Crippen LogP) is 11.3. The molecule has 0 aromatic carbocycles. The summed E-state index contributed by atoms with van der Waals surface area (Å²) in [6.45, 7) is 4.07. The Labute approximate surface area is 370 Å². The minimum Gasteiger partial charge on any atom is -0.394 e. The fourth-order valence-corrected chi connectivity index (χ4v) is 9.09. The van der Waals surface area contributed by atoms with Crippen molar-refractivity contribution in [2.24, 2.45) is 0 Å². The van der Waals surface area contributed by atoms with Crippen LogP contribution >= 0.6 is 0 Å². The Hall–Kier alpha value is -0.810. The molecule has 60 heavy (non-hydrogen) atoms. The molecule has 8 atom stereocenters. The number of carbonyl (C=O) groups excluding carboxylic acids is 1. The van der Waals surface area contributed by atoms with Crippen molar-refractivity contribution >= 4 is 5.91 Å². The highest BCUT2D eigenvalue weighted by molar-refractivity contribution is 5.76. The van der Waals surface area contributed by atoms with Crippen LogP contribution in [-0.4, -0.2) is 91.9 Å². The van der Waals surface area contributed by atoms with Crippen molar-refractivity contribution in [3.8, 4) is 0 Å². The van der Waals surface area contributed by atoms with Crippen LogP contribution in [-0.2, 0) is 9.53 Å². The number of hydrogen-bond donors (Lipinski definition) is 7. The molecule has 6 unspecified atom stereocenters. The highest BCUT2D eigenvalue weighted by atomic mass is 16.5. The van der Waals surface area contributed by atoms with E-state index in [2.05, 4.69) is 19.2 Å². The second kappa shape index (κ2) is 40.9. The number of rotatable bonds is 44. The van der Waals surface area contributed by atoms with E-state index in [4.69, 9.17) is 4.74 Å². The van der Waals surface area contributed by atoms with Crippen molar-refractivity contribution in [1.82, 2.24) is 5.32 Å². The molecule has 0 aliphatic carbocycles. The molecule has 0 aromatic heterocycles. The Morgan fingerprint density at radius 3 is 1.22 bits per heavy atom. The number of aliphatic hydroxyl groups excluding tert-OH is 6. The van der Waals surface area contributed by atoms with Gasteiger partial charge >= 0.3 is 0 Å². The summed E-state index contributed by atoms with van der Waals surface area (Å²) in [5.74, 6) is -0.0941. The summed E-state index contributed by atoms with van der Waals surface area (Å²) in [6, 6.07) is -0.588. The van der Waals surface area contributed by atoms with E-state index >= 15 is 0 Å². The summed E-state index contributed by atoms with van der Waals surface area (Å²) < 4.78 is 5.66. The second-order valence-electron chi connectivity index (χ2n) is 18.9. The SMILES string of the molecule is CCCCCCCCCCCCCCCCCCCCCCCC(=O)NC(CCCC[C@@H]1OC(CO)[C@H](O)C(O)C1O)C(O)C(O)CCCCCCCCCCCCCC. The van der Waals surface area contributed by atoms with Gasteiger partial charge in [-0.05, 0) is 25.7 Å². The van der Waals surface area contributed by atoms with Gasteiger partial charge in [-0.2, -0.15) is 0 Å². The number of amides is 1. The average molecular weight is 856 g/mol. The Morgan fingerprint density at radius 2 is 0.817 bits per heavy atom. The molecule has 0 radical (unpaired) electrons. The zero-order valence-electron chi connectivity index (χ0n) is 39.4. The zero-order valence-corrected chi connectivity index (χ0v) is 39.4. The Bertz CT molecular complexity index is 924. The lowest BCUT2D eigenvalue weighted by molar-refractivity contribution is -0.230. The number of ether oxygens (including phenoxy) is 1. The lowest BCUT2D eigenvalue weighted by Crippen LogP contribution is -2.58. The van der Waals surface area contributed by atoms with Crippen molar-refractivity contribution in [3.63, 3.8) is 0 Å². The first kappa shape index (κ1) is 57.2. The van der Waals surface area contributed by atoms with E-state index in [1.165, 1.54) is 173 Å². The first-order valence-electron chi connectivity index (χ1n) is 26.2. The summed E-state index contributed by atoms with van der Waals surface area (Å²) in [5.41, 5.74) is 0. The molecule has 0 saturated carbocycles. The van der Waals surface area contributed by atoms with Crippen LogP contribution in [0.5, 0.6) is 0 Å². The van der Waals surface area contributed by atoms with Crippen molar-refractivity contribution in [2.45, 2.75) is 313 Å². The molecule has 1 heterocycles. The molecule has 0 spiro atoms. The fraction of sp³-hybridized carbons (Fsp3) is 0.980. The molecule has 1 amide bonds. The molecular formula is C51H101NO8. The molecule has 0 aromatic rings. The molecular weight excluding hydrogens is 755 g/mol. The van der Waals surface area contributed by atoms with E-state index in [0.29, 0.717) is 38.5 Å². The fourth-order valence-electron chi connectivity index (χ4n) is 9.09. The quantitative estimate of drug-likeness (QED) is 0.0298. The van der Waals surface area contributed by atoms with Crippen LogP contribution in [0.25, 0.3) is 0 Å². The summed E-state index contributed by atoms with van der Waals surface area (Å²) in [4.78, 5) is 13.1. The largest absolute Gasteiger partial charge is 0.394 e. The Kier molecular flexibility index (Phi) is 39.0. The van der Waals surface area contributed by atoms with Gasteiger partial charge < -0.3 is 40.7 Å². The van der Waals surface area contributed by atoms with E-state index in [9.17, 15) is 35.4 Å². The van der Waals surface area contributed by atoms with Gasteiger partial charge in [0.15, 0.2) is 0 Å². The van der Waals surface area contributed by atoms with Gasteiger partial charge in [-0.3, -0.25) is 4.79 Å². The number of carbonyl (C=O) groups is 1. The standard InChI is InChI=1S/C51H101NO8/c1-3-5-7-9-11-13-15-17-18-19-20-21-22-23-24-25-27-29-31-33-35-41-47(55)52-43(38-36-37-40-45-49(57)51(59)50(58)46(42-53)60-45)48(56)44(54)39-34-32-30-28-26-16-14-12-10-8-6-4-2/h43-46,48-51,53-54,56-59H,3-42H2,1-2H3,(H,52,55)/t43?,44?,45-,46?,48?,49?,50-,51?/m0/s1. The first-order valence-corrected chi connectivity index (χ1v) is 26.2. The number of aliphatic hydroxyl groups is 6. The van der Waals surface area contributed by atoms with Crippen LogP contribution in [0.2, 0.25) is 0 Å². The third-order valence-corrected chi connectivity index (χ3v) is 13.3. The summed E-state index contributed by atoms with van der Waals surface area (Å²) in [6.07, 6.45) is 37.7. The molecule has 9 nitrogen and oxygen atoms in total. The zero-order chi connectivity index (χ0) is 43.9. The molecule has 1 fully saturated rings. The minimum absolute atomic E-state index is 0.0941. The van der Waals surface area contributed by atoms with E-state index in [1.807, 2.05) is 0 Å². The number of hydrogen-bond acceptors (Lipinski definition) is 8. The molecule has 0 bridgehead atoms. The maximum Gasteiger partial charge on any atom is 0.220 e. The number of nitrogens with one attached hydrogen (secondary N) is 1. The molecule has 1 saturated heterocycles. The third kappa shape index (κ3) is 30.3. The molecule has 358 valence electrons. The van der Waals surface area contributed by atoms with Gasteiger partial charge in [0.25, 0.3) is 0 Å². The van der Waals surface area contributed by atoms with Gasteiger partial charge in [-0.25, -0.2) is 0 Å². The summed E-state index contributed by atoms with van der Waals surface area (Å²) in [7, 11) is 0. The van der Waals surface area contributed by atoms with Crippen LogP contribution in [0.4, 0.5) is 0 Å². The lowest BCUT2D eigenvalue weighted by atomic mass is 9.91. The Morgan fingerprint density at radius 1 is 0.467 bits per heavy atom. The number of unbranched alkanes of at least 4 members (excludes halogenated alkanes) is 32. The van der Waals surface area contributed by atoms with Gasteiger partial charge in [0.2, 0.25) is 5.91 Å². The Balaban J connectivity index is 2.30. The monoisotopic (exact) mass is 856 g/mol. The maximum atomic E-state index is 13.1. The minimum atomic E-state index is -1.40. The average Bonchev–Trinajstić information content (AvgIpc) is 3.25. The van der Waals surface area contributed by atoms with E-state index < -0.39 is 55.4 Å². The van der Waals surface area contributed by atoms with E-state index in [-0.39, 0.29) is 5.91 Å². The van der Waals surface area contributed by atoms with Gasteiger partial charge in [-0.1, -0.05) is 232 Å². The molecule has 1 aliphatic rings. The first-order chi connectivity index (χ1) is 29.3. The summed E-state index contributed by atoms with van der Waals surface area (Å²) >= 11 is 0. The molecule has 7 N–H and O–H groups in total. The van der Waals surface area contributed by atoms with Gasteiger partial charge in [0, 0.05) is 6.42 Å². The van der Waals surface area contributed by atoms with Crippen LogP contribution in [0, 0.1) is 0 Å². The van der Waals surface area contributed by atoms with Crippen molar-refractivity contribution in [1.29, 1.82) is 0 Å². The lowest BCUT2D eigenvalue weighted by Gasteiger charge is -2.40. The van der Waals surface area contributed by atoms with Gasteiger partial charge in [0.1, 0.15) is 24.4 Å². The molecule has 1 aliphatic heterocycles. The van der Waals surface area contributed by atoms with E-state index in [1.54, 1.807) is 0 Å². The second-order valence-corrected chi connectivity index (χ2v) is 18.9. The topological polar surface area (TPSA) is 160 Å². The van der Waals surface area contributed by atoms with E-state index in [0.717, 1.165) is 38.5 Å². The predicted molar refractivity (Wildman–Crippen MR) is 249 cm³/mol. The van der Waals surface area contributed by atoms with Crippen LogP contribution in [0.1, 0.15) is 264 Å². The van der Waals surface area contributed by atoms with Crippen molar-refractivity contribution < 1.29 is 40.2 Å². The highest BCUT2D eigenvalue weighted by Crippen LogP contribution is 2.26. The normalized spacial score (nSPS) is 21.0. The summed E-state index contributed by atoms with van der Waals surface area (Å²) in [5, 5.41) is 65.5. The maximum absolute atomic E-state index is 13.1. The highest BCUT2D eigenvalue weighted by Gasteiger charge is 2.43. The van der Waals surface area contributed by atoms with Crippen molar-refractivity contribution in [3.05, 3.63) is 0 Å². The van der Waals surface area contributed by atoms with Crippen LogP contribution in [0.3, 0.4) is 0 Å². The van der Waals surface area contributed by atoms with Gasteiger partial charge in [-0.15, -0.1) is 0 Å². The molecule has 1 rings (SSSR count). The van der Waals surface area contributed by atoms with Gasteiger partial charge in [0.05, 0.1) is 31.0 Å². The molecule has 9 heteroatoms. The van der Waals surface area contributed by atoms with Crippen LogP contribution in [0.15, 0.2) is 0 Å².